The van der Waals surface area contributed by atoms with Gasteiger partial charge in [-0.2, -0.15) is 0 Å². The van der Waals surface area contributed by atoms with Gasteiger partial charge >= 0.3 is 5.97 Å². The second kappa shape index (κ2) is 6.99. The lowest BCUT2D eigenvalue weighted by molar-refractivity contribution is -0.131. The molecule has 0 aliphatic heterocycles. The van der Waals surface area contributed by atoms with Gasteiger partial charge in [-0.15, -0.1) is 0 Å². The summed E-state index contributed by atoms with van der Waals surface area (Å²) in [5.74, 6) is -1.28. The van der Waals surface area contributed by atoms with Crippen molar-refractivity contribution in [1.29, 1.82) is 0 Å². The average molecular weight is 290 g/mol. The van der Waals surface area contributed by atoms with Crippen LogP contribution in [0.5, 0.6) is 0 Å². The molecule has 1 aliphatic rings. The number of pyridine rings is 1. The van der Waals surface area contributed by atoms with Crippen LogP contribution in [0.4, 0.5) is 0 Å². The first-order chi connectivity index (χ1) is 10.0. The summed E-state index contributed by atoms with van der Waals surface area (Å²) in [6.07, 6.45) is 8.00. The van der Waals surface area contributed by atoms with E-state index in [1.165, 1.54) is 18.5 Å². The molecule has 2 rings (SSSR count). The van der Waals surface area contributed by atoms with Gasteiger partial charge in [-0.3, -0.25) is 9.78 Å². The van der Waals surface area contributed by atoms with Crippen molar-refractivity contribution in [1.82, 2.24) is 10.3 Å². The van der Waals surface area contributed by atoms with Gasteiger partial charge in [0, 0.05) is 24.5 Å². The fourth-order valence-corrected chi connectivity index (χ4v) is 2.33. The molecule has 0 bridgehead atoms. The van der Waals surface area contributed by atoms with E-state index >= 15 is 0 Å². The fourth-order valence-electron chi connectivity index (χ4n) is 2.33. The van der Waals surface area contributed by atoms with Gasteiger partial charge < -0.3 is 15.5 Å². The van der Waals surface area contributed by atoms with E-state index in [0.717, 1.165) is 18.9 Å². The maximum atomic E-state index is 12.1. The molecule has 1 heterocycles. The molecule has 0 aromatic carbocycles. The molecule has 0 saturated heterocycles. The number of carbonyl (C=O) groups is 2. The lowest BCUT2D eigenvalue weighted by atomic mass is 9.93. The van der Waals surface area contributed by atoms with Crippen molar-refractivity contribution in [3.05, 3.63) is 35.7 Å². The van der Waals surface area contributed by atoms with Gasteiger partial charge in [0.1, 0.15) is 0 Å². The number of nitrogens with zero attached hydrogens (tertiary/aromatic N) is 1. The number of amides is 1. The second-order valence-corrected chi connectivity index (χ2v) is 5.16. The summed E-state index contributed by atoms with van der Waals surface area (Å²) in [5, 5.41) is 20.9. The molecule has 21 heavy (non-hydrogen) atoms. The summed E-state index contributed by atoms with van der Waals surface area (Å²) in [6, 6.07) is 1.67. The van der Waals surface area contributed by atoms with Crippen LogP contribution < -0.4 is 5.32 Å². The van der Waals surface area contributed by atoms with Crippen molar-refractivity contribution < 1.29 is 19.8 Å². The third-order valence-corrected chi connectivity index (χ3v) is 3.47. The van der Waals surface area contributed by atoms with Gasteiger partial charge in [-0.25, -0.2) is 4.79 Å². The highest BCUT2D eigenvalue weighted by molar-refractivity contribution is 5.95. The van der Waals surface area contributed by atoms with E-state index in [0.29, 0.717) is 24.0 Å². The molecule has 0 atom stereocenters. The van der Waals surface area contributed by atoms with Crippen molar-refractivity contribution in [3.8, 4) is 0 Å². The SMILES string of the molecule is O=C(O)/C=C/c1cncc(C(=O)NC2CCC(O)CC2)c1. The zero-order valence-corrected chi connectivity index (χ0v) is 11.5. The van der Waals surface area contributed by atoms with E-state index in [1.807, 2.05) is 0 Å². The summed E-state index contributed by atoms with van der Waals surface area (Å²) in [6.45, 7) is 0. The van der Waals surface area contributed by atoms with Crippen LogP contribution >= 0.6 is 0 Å². The first-order valence-electron chi connectivity index (χ1n) is 6.89. The molecule has 1 amide bonds. The van der Waals surface area contributed by atoms with Gasteiger partial charge in [0.25, 0.3) is 5.91 Å². The Bertz CT molecular complexity index is 548. The number of aromatic nitrogens is 1. The van der Waals surface area contributed by atoms with Crippen molar-refractivity contribution in [3.63, 3.8) is 0 Å². The summed E-state index contributed by atoms with van der Waals surface area (Å²) in [4.78, 5) is 26.5. The molecule has 6 heteroatoms. The van der Waals surface area contributed by atoms with Gasteiger partial charge in [0.15, 0.2) is 0 Å². The number of aliphatic hydroxyl groups excluding tert-OH is 1. The van der Waals surface area contributed by atoms with Crippen LogP contribution in [0, 0.1) is 0 Å². The van der Waals surface area contributed by atoms with Gasteiger partial charge in [-0.05, 0) is 43.4 Å². The Morgan fingerprint density at radius 1 is 1.24 bits per heavy atom. The third-order valence-electron chi connectivity index (χ3n) is 3.47. The molecule has 0 radical (unpaired) electrons. The van der Waals surface area contributed by atoms with E-state index in [2.05, 4.69) is 10.3 Å². The number of carbonyl (C=O) groups excluding carboxylic acids is 1. The van der Waals surface area contributed by atoms with E-state index in [-0.39, 0.29) is 18.1 Å². The van der Waals surface area contributed by atoms with Crippen LogP contribution in [0.2, 0.25) is 0 Å². The Balaban J connectivity index is 1.99. The van der Waals surface area contributed by atoms with Crippen LogP contribution in [-0.4, -0.2) is 39.2 Å². The molecule has 1 saturated carbocycles. The van der Waals surface area contributed by atoms with Crippen molar-refractivity contribution in [2.75, 3.05) is 0 Å². The lowest BCUT2D eigenvalue weighted by Gasteiger charge is -2.26. The summed E-state index contributed by atoms with van der Waals surface area (Å²) in [7, 11) is 0. The van der Waals surface area contributed by atoms with Crippen molar-refractivity contribution in [2.24, 2.45) is 0 Å². The zero-order chi connectivity index (χ0) is 15.2. The minimum absolute atomic E-state index is 0.0686. The normalized spacial score (nSPS) is 22.1. The molecule has 1 fully saturated rings. The van der Waals surface area contributed by atoms with Crippen LogP contribution in [-0.2, 0) is 4.79 Å². The molecule has 0 spiro atoms. The quantitative estimate of drug-likeness (QED) is 0.724. The first kappa shape index (κ1) is 15.2. The largest absolute Gasteiger partial charge is 0.478 e. The Kier molecular flexibility index (Phi) is 5.05. The molecule has 1 aromatic rings. The number of rotatable bonds is 4. The van der Waals surface area contributed by atoms with E-state index in [9.17, 15) is 14.7 Å². The minimum Gasteiger partial charge on any atom is -0.478 e. The monoisotopic (exact) mass is 290 g/mol. The highest BCUT2D eigenvalue weighted by atomic mass is 16.4. The van der Waals surface area contributed by atoms with Gasteiger partial charge in [-0.1, -0.05) is 0 Å². The van der Waals surface area contributed by atoms with Crippen molar-refractivity contribution >= 4 is 18.0 Å². The average Bonchev–Trinajstić information content (AvgIpc) is 2.48. The summed E-state index contributed by atoms with van der Waals surface area (Å²) >= 11 is 0. The van der Waals surface area contributed by atoms with Crippen LogP contribution in [0.1, 0.15) is 41.6 Å². The highest BCUT2D eigenvalue weighted by Gasteiger charge is 2.21. The van der Waals surface area contributed by atoms with E-state index < -0.39 is 5.97 Å². The molecule has 1 aliphatic carbocycles. The molecular weight excluding hydrogens is 272 g/mol. The Morgan fingerprint density at radius 3 is 2.62 bits per heavy atom. The Morgan fingerprint density at radius 2 is 1.95 bits per heavy atom. The maximum Gasteiger partial charge on any atom is 0.328 e. The molecule has 3 N–H and O–H groups in total. The molecule has 1 aromatic heterocycles. The predicted octanol–water partition coefficient (Wildman–Crippen LogP) is 1.21. The van der Waals surface area contributed by atoms with Gasteiger partial charge in [0.05, 0.1) is 11.7 Å². The predicted molar refractivity (Wildman–Crippen MR) is 76.6 cm³/mol. The standard InChI is InChI=1S/C15H18N2O4/c18-13-4-2-12(3-5-13)17-15(21)11-7-10(8-16-9-11)1-6-14(19)20/h1,6-9,12-13,18H,2-5H2,(H,17,21)(H,19,20)/b6-1+. The number of carboxylic acids is 1. The lowest BCUT2D eigenvalue weighted by Crippen LogP contribution is -2.38. The number of hydrogen-bond acceptors (Lipinski definition) is 4. The van der Waals surface area contributed by atoms with E-state index in [1.54, 1.807) is 6.07 Å². The molecule has 6 nitrogen and oxygen atoms in total. The Labute approximate surface area is 122 Å². The molecule has 112 valence electrons. The fraction of sp³-hybridized carbons (Fsp3) is 0.400. The minimum atomic E-state index is -1.05. The smallest absolute Gasteiger partial charge is 0.328 e. The van der Waals surface area contributed by atoms with Gasteiger partial charge in [0.2, 0.25) is 0 Å². The topological polar surface area (TPSA) is 99.5 Å². The Hall–Kier alpha value is -2.21. The highest BCUT2D eigenvalue weighted by Crippen LogP contribution is 2.18. The van der Waals surface area contributed by atoms with Crippen LogP contribution in [0.15, 0.2) is 24.5 Å². The third kappa shape index (κ3) is 4.68. The van der Waals surface area contributed by atoms with Crippen LogP contribution in [0.3, 0.4) is 0 Å². The number of nitrogens with one attached hydrogen (secondary N) is 1. The summed E-state index contributed by atoms with van der Waals surface area (Å²) < 4.78 is 0. The number of hydrogen-bond donors (Lipinski definition) is 3. The van der Waals surface area contributed by atoms with Crippen LogP contribution in [0.25, 0.3) is 6.08 Å². The van der Waals surface area contributed by atoms with Crippen molar-refractivity contribution in [2.45, 2.75) is 37.8 Å². The maximum absolute atomic E-state index is 12.1. The number of aliphatic carboxylic acids is 1. The number of carboxylic acid groups (broad SMARTS) is 1. The zero-order valence-electron chi connectivity index (χ0n) is 11.5. The molecular formula is C15H18N2O4. The summed E-state index contributed by atoms with van der Waals surface area (Å²) in [5.41, 5.74) is 0.956. The first-order valence-corrected chi connectivity index (χ1v) is 6.89. The van der Waals surface area contributed by atoms with E-state index in [4.69, 9.17) is 5.11 Å². The second-order valence-electron chi connectivity index (χ2n) is 5.16. The molecule has 0 unspecified atom stereocenters. The number of aliphatic hydroxyl groups is 1.